The summed E-state index contributed by atoms with van der Waals surface area (Å²) in [6, 6.07) is 34.4. The Morgan fingerprint density at radius 2 is 1.32 bits per heavy atom. The topological polar surface area (TPSA) is 0 Å². The summed E-state index contributed by atoms with van der Waals surface area (Å²) >= 11 is 0. The van der Waals surface area contributed by atoms with Crippen LogP contribution in [0.2, 0.25) is 13.1 Å². The second-order valence-electron chi connectivity index (χ2n) is 10.8. The number of fused-ring (bicyclic) bond motifs is 2. The second kappa shape index (κ2) is 9.32. The molecule has 2 aromatic carbocycles. The molecule has 0 aliphatic heterocycles. The molecule has 6 rings (SSSR count). The highest BCUT2D eigenvalue weighted by atomic mass is 28.3. The van der Waals surface area contributed by atoms with Gasteiger partial charge in [0.2, 0.25) is 0 Å². The number of benzene rings is 2. The van der Waals surface area contributed by atoms with Crippen molar-refractivity contribution in [3.05, 3.63) is 149 Å². The van der Waals surface area contributed by atoms with Gasteiger partial charge in [0.25, 0.3) is 0 Å². The minimum absolute atomic E-state index is 0.279. The van der Waals surface area contributed by atoms with Crippen molar-refractivity contribution in [2.75, 3.05) is 0 Å². The summed E-state index contributed by atoms with van der Waals surface area (Å²) < 4.78 is 0. The first kappa shape index (κ1) is 23.7. The third-order valence-electron chi connectivity index (χ3n) is 8.03. The van der Waals surface area contributed by atoms with Crippen molar-refractivity contribution in [1.29, 1.82) is 0 Å². The summed E-state index contributed by atoms with van der Waals surface area (Å²) in [7, 11) is -2.16. The summed E-state index contributed by atoms with van der Waals surface area (Å²) in [5.41, 5.74) is 12.0. The fourth-order valence-electron chi connectivity index (χ4n) is 6.67. The van der Waals surface area contributed by atoms with Gasteiger partial charge in [-0.2, -0.15) is 0 Å². The van der Waals surface area contributed by atoms with Crippen molar-refractivity contribution in [2.45, 2.75) is 26.9 Å². The van der Waals surface area contributed by atoms with E-state index in [2.05, 4.69) is 149 Å². The van der Waals surface area contributed by atoms with E-state index in [-0.39, 0.29) is 5.92 Å². The van der Waals surface area contributed by atoms with Gasteiger partial charge in [-0.25, -0.2) is 0 Å². The molecule has 180 valence electrons. The van der Waals surface area contributed by atoms with E-state index >= 15 is 0 Å². The monoisotopic (exact) mass is 492 g/mol. The van der Waals surface area contributed by atoms with Crippen LogP contribution < -0.4 is 5.19 Å². The van der Waals surface area contributed by atoms with Crippen molar-refractivity contribution in [1.82, 2.24) is 0 Å². The summed E-state index contributed by atoms with van der Waals surface area (Å²) in [6.07, 6.45) is 11.5. The normalized spacial score (nSPS) is 17.5. The molecule has 0 fully saturated rings. The van der Waals surface area contributed by atoms with Gasteiger partial charge < -0.3 is 0 Å². The fraction of sp³-hybridized carbons (Fsp3) is 0.139. The standard InChI is InChI=1S/C36H32Si/c1-25-23-29-19-11-13-21-31(27-15-7-5-8-16-27)33(29)35(25)37(3,4)36-26(2)24-30-20-12-14-22-32(34(30)36)28-17-9-6-10-18-28/h5-23,33H,1-4H3. The van der Waals surface area contributed by atoms with E-state index in [1.807, 2.05) is 0 Å². The minimum atomic E-state index is -2.16. The van der Waals surface area contributed by atoms with Gasteiger partial charge in [0.1, 0.15) is 8.07 Å². The van der Waals surface area contributed by atoms with E-state index in [0.29, 0.717) is 0 Å². The Morgan fingerprint density at radius 1 is 0.703 bits per heavy atom. The van der Waals surface area contributed by atoms with E-state index in [0.717, 1.165) is 0 Å². The molecule has 0 aromatic heterocycles. The van der Waals surface area contributed by atoms with Crippen LogP contribution >= 0.6 is 0 Å². The summed E-state index contributed by atoms with van der Waals surface area (Å²) in [5, 5.41) is 3.14. The van der Waals surface area contributed by atoms with Crippen molar-refractivity contribution >= 4 is 18.8 Å². The van der Waals surface area contributed by atoms with Crippen molar-refractivity contribution < 1.29 is 0 Å². The molecule has 1 unspecified atom stereocenters. The lowest BCUT2D eigenvalue weighted by Crippen LogP contribution is -2.47. The lowest BCUT2D eigenvalue weighted by atomic mass is 9.89. The zero-order chi connectivity index (χ0) is 25.6. The van der Waals surface area contributed by atoms with E-state index in [1.54, 1.807) is 5.20 Å². The van der Waals surface area contributed by atoms with E-state index in [9.17, 15) is 0 Å². The molecule has 0 amide bonds. The Labute approximate surface area is 222 Å². The highest BCUT2D eigenvalue weighted by Gasteiger charge is 2.44. The average molecular weight is 493 g/mol. The zero-order valence-corrected chi connectivity index (χ0v) is 23.0. The highest BCUT2D eigenvalue weighted by molar-refractivity contribution is 6.97. The molecule has 1 heteroatoms. The molecule has 37 heavy (non-hydrogen) atoms. The van der Waals surface area contributed by atoms with Gasteiger partial charge in [-0.15, -0.1) is 0 Å². The molecule has 0 bridgehead atoms. The van der Waals surface area contributed by atoms with Crippen LogP contribution in [0.25, 0.3) is 27.8 Å². The first-order chi connectivity index (χ1) is 18.0. The average Bonchev–Trinajstić information content (AvgIpc) is 3.23. The molecule has 0 spiro atoms. The van der Waals surface area contributed by atoms with Crippen LogP contribution in [-0.2, 0) is 0 Å². The molecular formula is C36H32Si. The minimum Gasteiger partial charge on any atom is -0.0685 e. The summed E-state index contributed by atoms with van der Waals surface area (Å²) in [4.78, 5) is 0. The van der Waals surface area contributed by atoms with Gasteiger partial charge in [-0.05, 0) is 64.1 Å². The maximum absolute atomic E-state index is 3.79. The maximum atomic E-state index is 3.79. The predicted molar refractivity (Wildman–Crippen MR) is 161 cm³/mol. The molecule has 2 radical (unpaired) electrons. The molecule has 1 atom stereocenters. The predicted octanol–water partition coefficient (Wildman–Crippen LogP) is 8.75. The summed E-state index contributed by atoms with van der Waals surface area (Å²) in [5.74, 6) is 0.279. The lowest BCUT2D eigenvalue weighted by Gasteiger charge is -2.34. The largest absolute Gasteiger partial charge is 0.109 e. The SMILES string of the molecule is CC1=C([Si](C)(C)c2c(C)[c]c3ccccc(-c4ccccc4)c2-3)C2C(=CC=CC=C2c2ccccc2)[CH]1. The Bertz CT molecular complexity index is 1560. The molecule has 0 saturated heterocycles. The van der Waals surface area contributed by atoms with E-state index in [4.69, 9.17) is 0 Å². The van der Waals surface area contributed by atoms with Gasteiger partial charge in [-0.3, -0.25) is 0 Å². The van der Waals surface area contributed by atoms with Crippen LogP contribution in [0.4, 0.5) is 0 Å². The highest BCUT2D eigenvalue weighted by Crippen LogP contribution is 2.49. The van der Waals surface area contributed by atoms with Crippen LogP contribution in [0.5, 0.6) is 0 Å². The molecule has 2 aromatic rings. The van der Waals surface area contributed by atoms with Crippen LogP contribution in [0.15, 0.2) is 126 Å². The van der Waals surface area contributed by atoms with Gasteiger partial charge in [0.15, 0.2) is 0 Å². The Hall–Kier alpha value is -3.68. The van der Waals surface area contributed by atoms with Crippen LogP contribution in [0.1, 0.15) is 18.1 Å². The van der Waals surface area contributed by atoms with E-state index in [1.165, 1.54) is 55.3 Å². The second-order valence-corrected chi connectivity index (χ2v) is 15.0. The van der Waals surface area contributed by atoms with Gasteiger partial charge in [0, 0.05) is 12.3 Å². The third kappa shape index (κ3) is 3.99. The molecule has 0 heterocycles. The smallest absolute Gasteiger partial charge is 0.0685 e. The van der Waals surface area contributed by atoms with Gasteiger partial charge >= 0.3 is 0 Å². The lowest BCUT2D eigenvalue weighted by molar-refractivity contribution is 1.02. The fourth-order valence-corrected chi connectivity index (χ4v) is 10.9. The Balaban J connectivity index is 1.58. The third-order valence-corrected chi connectivity index (χ3v) is 11.9. The van der Waals surface area contributed by atoms with Crippen LogP contribution in [0, 0.1) is 25.3 Å². The molecule has 0 N–H and O–H groups in total. The number of hydrogen-bond acceptors (Lipinski definition) is 0. The van der Waals surface area contributed by atoms with Crippen LogP contribution in [0.3, 0.4) is 0 Å². The molecule has 0 nitrogen and oxygen atoms in total. The number of rotatable bonds is 4. The number of hydrogen-bond donors (Lipinski definition) is 0. The zero-order valence-electron chi connectivity index (χ0n) is 22.0. The molecule has 4 aliphatic carbocycles. The first-order valence-corrected chi connectivity index (χ1v) is 16.2. The molecule has 4 aliphatic rings. The van der Waals surface area contributed by atoms with Crippen molar-refractivity contribution in [3.63, 3.8) is 0 Å². The summed E-state index contributed by atoms with van der Waals surface area (Å²) in [6.45, 7) is 9.71. The quantitative estimate of drug-likeness (QED) is 0.250. The Kier molecular flexibility index (Phi) is 5.97. The van der Waals surface area contributed by atoms with Crippen LogP contribution in [-0.4, -0.2) is 8.07 Å². The Morgan fingerprint density at radius 3 is 2.05 bits per heavy atom. The molecule has 0 saturated carbocycles. The van der Waals surface area contributed by atoms with Gasteiger partial charge in [-0.1, -0.05) is 139 Å². The number of allylic oxidation sites excluding steroid dienone is 8. The maximum Gasteiger partial charge on any atom is 0.109 e. The van der Waals surface area contributed by atoms with E-state index < -0.39 is 8.07 Å². The number of aryl methyl sites for hydroxylation is 1. The first-order valence-electron chi connectivity index (χ1n) is 13.2. The molecular weight excluding hydrogens is 460 g/mol. The van der Waals surface area contributed by atoms with Crippen molar-refractivity contribution in [2.24, 2.45) is 5.92 Å². The van der Waals surface area contributed by atoms with Crippen molar-refractivity contribution in [3.8, 4) is 22.3 Å². The van der Waals surface area contributed by atoms with Gasteiger partial charge in [0.05, 0.1) is 0 Å².